The fourth-order valence-electron chi connectivity index (χ4n) is 2.74. The number of para-hydroxylation sites is 1. The van der Waals surface area contributed by atoms with Gasteiger partial charge in [-0.05, 0) is 48.6 Å². The molecule has 22 heavy (non-hydrogen) atoms. The Hall–Kier alpha value is -2.00. The summed E-state index contributed by atoms with van der Waals surface area (Å²) in [6, 6.07) is 15.4. The number of nitrogens with two attached hydrogens (primary N) is 1. The Bertz CT molecular complexity index is 695. The van der Waals surface area contributed by atoms with Crippen LogP contribution in [0.25, 0.3) is 0 Å². The summed E-state index contributed by atoms with van der Waals surface area (Å²) >= 11 is 6.05. The Kier molecular flexibility index (Phi) is 4.08. The maximum absolute atomic E-state index is 12.3. The van der Waals surface area contributed by atoms with Gasteiger partial charge < -0.3 is 11.1 Å². The van der Waals surface area contributed by atoms with Crippen molar-refractivity contribution >= 4 is 23.2 Å². The largest absolute Gasteiger partial charge is 0.399 e. The monoisotopic (exact) mass is 314 g/mol. The highest BCUT2D eigenvalue weighted by Crippen LogP contribution is 2.46. The van der Waals surface area contributed by atoms with Gasteiger partial charge in [-0.1, -0.05) is 41.9 Å². The number of amides is 1. The zero-order chi connectivity index (χ0) is 15.6. The number of hydrogen-bond acceptors (Lipinski definition) is 2. The highest BCUT2D eigenvalue weighted by Gasteiger charge is 2.45. The Labute approximate surface area is 135 Å². The van der Waals surface area contributed by atoms with Gasteiger partial charge in [0.25, 0.3) is 0 Å². The first-order chi connectivity index (χ1) is 10.6. The molecule has 0 radical (unpaired) electrons. The number of nitrogens with one attached hydrogen (secondary N) is 1. The zero-order valence-electron chi connectivity index (χ0n) is 12.3. The molecule has 3 nitrogen and oxygen atoms in total. The molecule has 0 bridgehead atoms. The van der Waals surface area contributed by atoms with Crippen LogP contribution in [0.1, 0.15) is 30.4 Å². The first-order valence-corrected chi connectivity index (χ1v) is 7.87. The van der Waals surface area contributed by atoms with E-state index in [0.717, 1.165) is 29.7 Å². The van der Waals surface area contributed by atoms with E-state index in [2.05, 4.69) is 5.32 Å². The number of anilines is 1. The number of benzene rings is 2. The Morgan fingerprint density at radius 1 is 1.18 bits per heavy atom. The molecule has 4 heteroatoms. The minimum absolute atomic E-state index is 0.0562. The minimum atomic E-state index is -0.218. The minimum Gasteiger partial charge on any atom is -0.399 e. The van der Waals surface area contributed by atoms with Crippen LogP contribution in [0.15, 0.2) is 48.5 Å². The lowest BCUT2D eigenvalue weighted by Gasteiger charge is -2.18. The van der Waals surface area contributed by atoms with Gasteiger partial charge in [0.15, 0.2) is 0 Å². The fourth-order valence-corrected chi connectivity index (χ4v) is 2.93. The van der Waals surface area contributed by atoms with Crippen molar-refractivity contribution in [2.75, 3.05) is 5.73 Å². The summed E-state index contributed by atoms with van der Waals surface area (Å²) in [7, 11) is 0. The third kappa shape index (κ3) is 3.25. The van der Waals surface area contributed by atoms with Gasteiger partial charge in [0.2, 0.25) is 5.91 Å². The first-order valence-electron chi connectivity index (χ1n) is 7.49. The van der Waals surface area contributed by atoms with Crippen molar-refractivity contribution in [2.45, 2.75) is 31.2 Å². The molecule has 0 spiro atoms. The van der Waals surface area contributed by atoms with Crippen LogP contribution >= 0.6 is 11.6 Å². The zero-order valence-corrected chi connectivity index (χ0v) is 13.1. The molecule has 0 atom stereocenters. The standard InChI is InChI=1S/C18H19ClN2O/c19-15-6-3-5-14(12-15)18(10-11-18)21-17(22)9-8-13-4-1-2-7-16(13)20/h1-7,12H,8-11,20H2,(H,21,22). The number of aryl methyl sites for hydroxylation is 1. The average molecular weight is 315 g/mol. The van der Waals surface area contributed by atoms with Crippen LogP contribution < -0.4 is 11.1 Å². The van der Waals surface area contributed by atoms with Gasteiger partial charge in [-0.25, -0.2) is 0 Å². The molecular formula is C18H19ClN2O. The normalized spacial score (nSPS) is 15.3. The van der Waals surface area contributed by atoms with Crippen LogP contribution in [0, 0.1) is 0 Å². The first kappa shape index (κ1) is 14.9. The number of rotatable bonds is 5. The van der Waals surface area contributed by atoms with Gasteiger partial charge in [-0.3, -0.25) is 4.79 Å². The van der Waals surface area contributed by atoms with Crippen LogP contribution in [-0.4, -0.2) is 5.91 Å². The summed E-state index contributed by atoms with van der Waals surface area (Å²) in [5, 5.41) is 3.87. The van der Waals surface area contributed by atoms with E-state index in [4.69, 9.17) is 17.3 Å². The Morgan fingerprint density at radius 2 is 1.95 bits per heavy atom. The van der Waals surface area contributed by atoms with Crippen LogP contribution in [-0.2, 0) is 16.8 Å². The number of hydrogen-bond donors (Lipinski definition) is 2. The van der Waals surface area contributed by atoms with Gasteiger partial charge in [-0.2, -0.15) is 0 Å². The van der Waals surface area contributed by atoms with Crippen molar-refractivity contribution in [1.82, 2.24) is 5.32 Å². The number of halogens is 1. The second-order valence-corrected chi connectivity index (χ2v) is 6.28. The van der Waals surface area contributed by atoms with E-state index >= 15 is 0 Å². The van der Waals surface area contributed by atoms with Gasteiger partial charge in [0, 0.05) is 17.1 Å². The SMILES string of the molecule is Nc1ccccc1CCC(=O)NC1(c2cccc(Cl)c2)CC1. The van der Waals surface area contributed by atoms with E-state index in [-0.39, 0.29) is 11.4 Å². The molecule has 2 aromatic rings. The van der Waals surface area contributed by atoms with Crippen LogP contribution in [0.3, 0.4) is 0 Å². The number of carbonyl (C=O) groups excluding carboxylic acids is 1. The molecule has 1 fully saturated rings. The van der Waals surface area contributed by atoms with E-state index in [1.165, 1.54) is 0 Å². The third-order valence-corrected chi connectivity index (χ3v) is 4.42. The van der Waals surface area contributed by atoms with Crippen LogP contribution in [0.2, 0.25) is 5.02 Å². The van der Waals surface area contributed by atoms with Gasteiger partial charge in [0.05, 0.1) is 5.54 Å². The van der Waals surface area contributed by atoms with E-state index in [1.807, 2.05) is 48.5 Å². The lowest BCUT2D eigenvalue weighted by atomic mass is 10.0. The molecule has 0 saturated heterocycles. The fraction of sp³-hybridized carbons (Fsp3) is 0.278. The number of carbonyl (C=O) groups is 1. The predicted octanol–water partition coefficient (Wildman–Crippen LogP) is 3.66. The predicted molar refractivity (Wildman–Crippen MR) is 89.7 cm³/mol. The molecule has 1 aliphatic rings. The molecule has 0 heterocycles. The summed E-state index contributed by atoms with van der Waals surface area (Å²) in [6.45, 7) is 0. The van der Waals surface area contributed by atoms with E-state index in [0.29, 0.717) is 17.9 Å². The maximum Gasteiger partial charge on any atom is 0.221 e. The maximum atomic E-state index is 12.3. The topological polar surface area (TPSA) is 55.1 Å². The van der Waals surface area contributed by atoms with Gasteiger partial charge in [-0.15, -0.1) is 0 Å². The summed E-state index contributed by atoms with van der Waals surface area (Å²) in [4.78, 5) is 12.3. The average Bonchev–Trinajstić information content (AvgIpc) is 3.27. The Balaban J connectivity index is 1.61. The molecule has 0 aliphatic heterocycles. The highest BCUT2D eigenvalue weighted by molar-refractivity contribution is 6.30. The lowest BCUT2D eigenvalue weighted by Crippen LogP contribution is -2.35. The van der Waals surface area contributed by atoms with Crippen LogP contribution in [0.4, 0.5) is 5.69 Å². The summed E-state index contributed by atoms with van der Waals surface area (Å²) < 4.78 is 0. The second kappa shape index (κ2) is 6.01. The molecule has 1 aliphatic carbocycles. The molecule has 1 amide bonds. The van der Waals surface area contributed by atoms with Crippen LogP contribution in [0.5, 0.6) is 0 Å². The molecule has 3 N–H and O–H groups in total. The summed E-state index contributed by atoms with van der Waals surface area (Å²) in [6.07, 6.45) is 3.03. The molecule has 0 aromatic heterocycles. The van der Waals surface area contributed by atoms with Crippen molar-refractivity contribution in [3.05, 3.63) is 64.7 Å². The number of nitrogen functional groups attached to an aromatic ring is 1. The molecule has 114 valence electrons. The molecule has 0 unspecified atom stereocenters. The molecule has 1 saturated carbocycles. The summed E-state index contributed by atoms with van der Waals surface area (Å²) in [5.74, 6) is 0.0562. The molecule has 2 aromatic carbocycles. The highest BCUT2D eigenvalue weighted by atomic mass is 35.5. The second-order valence-electron chi connectivity index (χ2n) is 5.84. The van der Waals surface area contributed by atoms with Gasteiger partial charge >= 0.3 is 0 Å². The Morgan fingerprint density at radius 3 is 2.64 bits per heavy atom. The van der Waals surface area contributed by atoms with E-state index in [1.54, 1.807) is 0 Å². The van der Waals surface area contributed by atoms with E-state index in [9.17, 15) is 4.79 Å². The summed E-state index contributed by atoms with van der Waals surface area (Å²) in [5.41, 5.74) is 8.54. The van der Waals surface area contributed by atoms with E-state index < -0.39 is 0 Å². The smallest absolute Gasteiger partial charge is 0.221 e. The van der Waals surface area contributed by atoms with Crippen molar-refractivity contribution in [3.63, 3.8) is 0 Å². The van der Waals surface area contributed by atoms with Crippen molar-refractivity contribution in [3.8, 4) is 0 Å². The third-order valence-electron chi connectivity index (χ3n) is 4.18. The van der Waals surface area contributed by atoms with Gasteiger partial charge in [0.1, 0.15) is 0 Å². The van der Waals surface area contributed by atoms with Crippen molar-refractivity contribution in [1.29, 1.82) is 0 Å². The van der Waals surface area contributed by atoms with Crippen molar-refractivity contribution < 1.29 is 4.79 Å². The molecular weight excluding hydrogens is 296 g/mol. The van der Waals surface area contributed by atoms with Crippen molar-refractivity contribution in [2.24, 2.45) is 0 Å². The molecule has 3 rings (SSSR count). The quantitative estimate of drug-likeness (QED) is 0.827. The lowest BCUT2D eigenvalue weighted by molar-refractivity contribution is -0.122.